The van der Waals surface area contributed by atoms with Gasteiger partial charge >= 0.3 is 6.09 Å². The van der Waals surface area contributed by atoms with Gasteiger partial charge in [-0.3, -0.25) is 4.99 Å². The highest BCUT2D eigenvalue weighted by atomic mass is 19.1. The van der Waals surface area contributed by atoms with Gasteiger partial charge in [-0.05, 0) is 44.5 Å². The third-order valence-electron chi connectivity index (χ3n) is 4.50. The summed E-state index contributed by atoms with van der Waals surface area (Å²) in [6.07, 6.45) is 1.39. The first-order valence-corrected chi connectivity index (χ1v) is 9.39. The Balaban J connectivity index is 1.66. The van der Waals surface area contributed by atoms with Gasteiger partial charge in [-0.25, -0.2) is 9.18 Å². The van der Waals surface area contributed by atoms with Gasteiger partial charge in [-0.2, -0.15) is 0 Å². The molecule has 150 valence electrons. The van der Waals surface area contributed by atoms with Gasteiger partial charge in [0.2, 0.25) is 0 Å². The van der Waals surface area contributed by atoms with Crippen LogP contribution in [0.1, 0.15) is 25.3 Å². The van der Waals surface area contributed by atoms with Crippen LogP contribution in [-0.4, -0.2) is 67.7 Å². The van der Waals surface area contributed by atoms with Gasteiger partial charge in [0.1, 0.15) is 5.82 Å². The van der Waals surface area contributed by atoms with E-state index < -0.39 is 0 Å². The minimum atomic E-state index is -0.248. The van der Waals surface area contributed by atoms with Crippen molar-refractivity contribution >= 4 is 12.1 Å². The summed E-state index contributed by atoms with van der Waals surface area (Å²) in [6, 6.07) is 6.73. The second kappa shape index (κ2) is 10.7. The van der Waals surface area contributed by atoms with Crippen LogP contribution in [0.4, 0.5) is 9.18 Å². The number of hydrogen-bond acceptors (Lipinski definition) is 4. The first kappa shape index (κ1) is 21.0. The molecule has 1 amide bonds. The Morgan fingerprint density at radius 2 is 2.04 bits per heavy atom. The molecular weight excluding hydrogens is 349 g/mol. The molecule has 27 heavy (non-hydrogen) atoms. The van der Waals surface area contributed by atoms with E-state index in [4.69, 9.17) is 10.5 Å². The highest BCUT2D eigenvalue weighted by Crippen LogP contribution is 2.11. The van der Waals surface area contributed by atoms with Crippen molar-refractivity contribution in [2.24, 2.45) is 10.7 Å². The van der Waals surface area contributed by atoms with E-state index in [2.05, 4.69) is 15.2 Å². The van der Waals surface area contributed by atoms with E-state index in [0.717, 1.165) is 31.5 Å². The summed E-state index contributed by atoms with van der Waals surface area (Å²) in [5.41, 5.74) is 7.03. The van der Waals surface area contributed by atoms with Crippen molar-refractivity contribution in [3.63, 3.8) is 0 Å². The number of aliphatic imine (C=N–C) groups is 1. The maximum Gasteiger partial charge on any atom is 0.409 e. The molecule has 1 aliphatic rings. The van der Waals surface area contributed by atoms with Crippen LogP contribution < -0.4 is 11.1 Å². The Morgan fingerprint density at radius 3 is 2.67 bits per heavy atom. The fourth-order valence-electron chi connectivity index (χ4n) is 3.00. The lowest BCUT2D eigenvalue weighted by Crippen LogP contribution is -2.48. The van der Waals surface area contributed by atoms with Crippen LogP contribution in [0.5, 0.6) is 0 Å². The average Bonchev–Trinajstić information content (AvgIpc) is 2.64. The fraction of sp³-hybridized carbons (Fsp3) is 0.579. The number of rotatable bonds is 7. The molecule has 1 fully saturated rings. The Morgan fingerprint density at radius 1 is 1.37 bits per heavy atom. The second-order valence-corrected chi connectivity index (χ2v) is 6.74. The number of nitrogens with one attached hydrogen (secondary N) is 1. The standard InChI is InChI=1S/C19H30FN5O2/c1-3-27-19(26)25-11-8-17(9-12-25)23-18(21)22-10-13-24(2)14-15-4-6-16(20)7-5-15/h4-7,17H,3,8-14H2,1-2H3,(H3,21,22,23). The van der Waals surface area contributed by atoms with E-state index in [1.165, 1.54) is 12.1 Å². The second-order valence-electron chi connectivity index (χ2n) is 6.74. The van der Waals surface area contributed by atoms with Crippen molar-refractivity contribution in [2.45, 2.75) is 32.4 Å². The monoisotopic (exact) mass is 379 g/mol. The molecule has 0 aliphatic carbocycles. The first-order valence-electron chi connectivity index (χ1n) is 9.39. The summed E-state index contributed by atoms with van der Waals surface area (Å²) < 4.78 is 17.9. The van der Waals surface area contributed by atoms with E-state index in [0.29, 0.717) is 32.2 Å². The van der Waals surface area contributed by atoms with E-state index >= 15 is 0 Å². The molecule has 0 radical (unpaired) electrons. The van der Waals surface area contributed by atoms with Crippen LogP contribution >= 0.6 is 0 Å². The molecule has 8 heteroatoms. The van der Waals surface area contributed by atoms with Gasteiger partial charge < -0.3 is 25.6 Å². The van der Waals surface area contributed by atoms with E-state index in [-0.39, 0.29) is 18.0 Å². The maximum atomic E-state index is 12.9. The zero-order chi connectivity index (χ0) is 19.6. The Bertz CT molecular complexity index is 615. The molecular formula is C19H30FN5O2. The van der Waals surface area contributed by atoms with Crippen molar-refractivity contribution < 1.29 is 13.9 Å². The number of nitrogens with two attached hydrogens (primary N) is 1. The number of nitrogens with zero attached hydrogens (tertiary/aromatic N) is 3. The van der Waals surface area contributed by atoms with Crippen molar-refractivity contribution in [2.75, 3.05) is 39.8 Å². The number of piperidine rings is 1. The van der Waals surface area contributed by atoms with E-state index in [9.17, 15) is 9.18 Å². The van der Waals surface area contributed by atoms with Crippen molar-refractivity contribution in [3.8, 4) is 0 Å². The molecule has 0 spiro atoms. The summed E-state index contributed by atoms with van der Waals surface area (Å²) in [4.78, 5) is 19.9. The van der Waals surface area contributed by atoms with Crippen LogP contribution in [0.2, 0.25) is 0 Å². The van der Waals surface area contributed by atoms with Crippen LogP contribution in [0, 0.1) is 5.82 Å². The molecule has 1 aliphatic heterocycles. The highest BCUT2D eigenvalue weighted by molar-refractivity contribution is 5.78. The number of ether oxygens (including phenoxy) is 1. The molecule has 0 bridgehead atoms. The zero-order valence-electron chi connectivity index (χ0n) is 16.2. The van der Waals surface area contributed by atoms with Gasteiger partial charge in [0.25, 0.3) is 0 Å². The topological polar surface area (TPSA) is 83.2 Å². The predicted octanol–water partition coefficient (Wildman–Crippen LogP) is 1.78. The normalized spacial score (nSPS) is 15.9. The Kier molecular flexibility index (Phi) is 8.32. The van der Waals surface area contributed by atoms with Crippen LogP contribution in [0.3, 0.4) is 0 Å². The smallest absolute Gasteiger partial charge is 0.409 e. The Hall–Kier alpha value is -2.35. The van der Waals surface area contributed by atoms with Crippen molar-refractivity contribution in [3.05, 3.63) is 35.6 Å². The number of hydrogen-bond donors (Lipinski definition) is 2. The van der Waals surface area contributed by atoms with Gasteiger partial charge in [0.15, 0.2) is 5.96 Å². The minimum absolute atomic E-state index is 0.219. The molecule has 1 aromatic carbocycles. The van der Waals surface area contributed by atoms with Crippen molar-refractivity contribution in [1.82, 2.24) is 15.1 Å². The minimum Gasteiger partial charge on any atom is -0.450 e. The number of guanidine groups is 1. The molecule has 0 saturated carbocycles. The maximum absolute atomic E-state index is 12.9. The average molecular weight is 379 g/mol. The first-order chi connectivity index (χ1) is 13.0. The number of benzene rings is 1. The van der Waals surface area contributed by atoms with Crippen LogP contribution in [0.25, 0.3) is 0 Å². The van der Waals surface area contributed by atoms with Crippen LogP contribution in [0.15, 0.2) is 29.3 Å². The van der Waals surface area contributed by atoms with Crippen LogP contribution in [-0.2, 0) is 11.3 Å². The molecule has 1 heterocycles. The lowest BCUT2D eigenvalue weighted by molar-refractivity contribution is 0.0963. The number of carbonyl (C=O) groups excluding carboxylic acids is 1. The van der Waals surface area contributed by atoms with E-state index in [1.54, 1.807) is 24.0 Å². The molecule has 1 saturated heterocycles. The van der Waals surface area contributed by atoms with Gasteiger partial charge in [0, 0.05) is 32.2 Å². The fourth-order valence-corrected chi connectivity index (χ4v) is 3.00. The molecule has 0 unspecified atom stereocenters. The summed E-state index contributed by atoms with van der Waals surface area (Å²) in [7, 11) is 1.99. The van der Waals surface area contributed by atoms with Gasteiger partial charge in [0.05, 0.1) is 13.2 Å². The number of carbonyl (C=O) groups is 1. The summed E-state index contributed by atoms with van der Waals surface area (Å²) in [5, 5.41) is 3.23. The molecule has 1 aromatic rings. The summed E-state index contributed by atoms with van der Waals surface area (Å²) in [5.74, 6) is 0.206. The molecule has 0 aromatic heterocycles. The van der Waals surface area contributed by atoms with E-state index in [1.807, 2.05) is 7.05 Å². The number of likely N-dealkylation sites (N-methyl/N-ethyl adjacent to an activating group) is 1. The SMILES string of the molecule is CCOC(=O)N1CCC(NC(N)=NCCN(C)Cc2ccc(F)cc2)CC1. The predicted molar refractivity (Wildman–Crippen MR) is 104 cm³/mol. The molecule has 0 atom stereocenters. The zero-order valence-corrected chi connectivity index (χ0v) is 16.2. The largest absolute Gasteiger partial charge is 0.450 e. The third-order valence-corrected chi connectivity index (χ3v) is 4.50. The quantitative estimate of drug-likeness (QED) is 0.557. The molecule has 7 nitrogen and oxygen atoms in total. The highest BCUT2D eigenvalue weighted by Gasteiger charge is 2.23. The lowest BCUT2D eigenvalue weighted by Gasteiger charge is -2.31. The summed E-state index contributed by atoms with van der Waals surface area (Å²) in [6.45, 7) is 5.58. The summed E-state index contributed by atoms with van der Waals surface area (Å²) >= 11 is 0. The number of halogens is 1. The molecule has 3 N–H and O–H groups in total. The van der Waals surface area contributed by atoms with Crippen molar-refractivity contribution in [1.29, 1.82) is 0 Å². The number of likely N-dealkylation sites (tertiary alicyclic amines) is 1. The number of amides is 1. The third kappa shape index (κ3) is 7.42. The Labute approximate surface area is 160 Å². The van der Waals surface area contributed by atoms with Gasteiger partial charge in [-0.1, -0.05) is 12.1 Å². The lowest BCUT2D eigenvalue weighted by atomic mass is 10.1. The molecule has 2 rings (SSSR count). The van der Waals surface area contributed by atoms with Gasteiger partial charge in [-0.15, -0.1) is 0 Å².